The van der Waals surface area contributed by atoms with Crippen LogP contribution in [0.3, 0.4) is 0 Å². The minimum atomic E-state index is 0.793. The van der Waals surface area contributed by atoms with Crippen LogP contribution in [0.1, 0.15) is 39.0 Å². The van der Waals surface area contributed by atoms with Crippen LogP contribution in [-0.2, 0) is 0 Å². The Morgan fingerprint density at radius 2 is 2.07 bits per heavy atom. The molecule has 2 nitrogen and oxygen atoms in total. The van der Waals surface area contributed by atoms with E-state index in [-0.39, 0.29) is 0 Å². The Morgan fingerprint density at radius 3 is 2.79 bits per heavy atom. The topological polar surface area (TPSA) is 15.3 Å². The van der Waals surface area contributed by atoms with Crippen LogP contribution in [0.4, 0.5) is 0 Å². The van der Waals surface area contributed by atoms with Crippen molar-refractivity contribution in [2.24, 2.45) is 0 Å². The summed E-state index contributed by atoms with van der Waals surface area (Å²) in [4.78, 5) is 2.60. The Balaban J connectivity index is 2.00. The third kappa shape index (κ3) is 4.45. The summed E-state index contributed by atoms with van der Waals surface area (Å²) in [6.07, 6.45) is 6.98. The summed E-state index contributed by atoms with van der Waals surface area (Å²) in [5.41, 5.74) is 0. The van der Waals surface area contributed by atoms with Gasteiger partial charge in [-0.25, -0.2) is 0 Å². The molecule has 1 aliphatic heterocycles. The lowest BCUT2D eigenvalue weighted by Gasteiger charge is -2.21. The first-order valence-corrected chi connectivity index (χ1v) is 7.41. The van der Waals surface area contributed by atoms with Gasteiger partial charge in [-0.3, -0.25) is 4.90 Å². The van der Waals surface area contributed by atoms with E-state index in [0.717, 1.165) is 12.7 Å². The second-order valence-corrected chi connectivity index (χ2v) is 5.03. The van der Waals surface area contributed by atoms with Gasteiger partial charge in [0, 0.05) is 23.7 Å². The summed E-state index contributed by atoms with van der Waals surface area (Å²) < 4.78 is 1.26. The first-order chi connectivity index (χ1) is 6.88. The Labute approximate surface area is 102 Å². The Hall–Kier alpha value is 0.650. The van der Waals surface area contributed by atoms with Crippen molar-refractivity contribution in [3.8, 4) is 0 Å². The first-order valence-electron chi connectivity index (χ1n) is 5.89. The summed E-state index contributed by atoms with van der Waals surface area (Å²) in [6.45, 7) is 5.88. The number of nitrogens with one attached hydrogen (secondary N) is 1. The lowest BCUT2D eigenvalue weighted by atomic mass is 10.1. The minimum Gasteiger partial charge on any atom is -0.303 e. The maximum absolute atomic E-state index is 3.45. The number of halogens is 1. The zero-order valence-corrected chi connectivity index (χ0v) is 11.4. The number of hydrogen-bond acceptors (Lipinski definition) is 2. The highest BCUT2D eigenvalue weighted by molar-refractivity contribution is 14.1. The lowest BCUT2D eigenvalue weighted by Crippen LogP contribution is -2.32. The summed E-state index contributed by atoms with van der Waals surface area (Å²) in [6, 6.07) is 0.793. The van der Waals surface area contributed by atoms with Crippen molar-refractivity contribution >= 4 is 22.6 Å². The van der Waals surface area contributed by atoms with Gasteiger partial charge in [0.1, 0.15) is 0 Å². The summed E-state index contributed by atoms with van der Waals surface area (Å²) in [7, 11) is 0. The molecular formula is C11H23IN2. The quantitative estimate of drug-likeness (QED) is 0.442. The van der Waals surface area contributed by atoms with Gasteiger partial charge in [0.2, 0.25) is 0 Å². The van der Waals surface area contributed by atoms with Gasteiger partial charge < -0.3 is 5.32 Å². The van der Waals surface area contributed by atoms with Crippen molar-refractivity contribution in [2.45, 2.75) is 45.1 Å². The molecule has 1 atom stereocenters. The van der Waals surface area contributed by atoms with Crippen LogP contribution >= 0.6 is 22.6 Å². The van der Waals surface area contributed by atoms with E-state index in [1.165, 1.54) is 49.6 Å². The van der Waals surface area contributed by atoms with Gasteiger partial charge in [-0.15, -0.1) is 0 Å². The SMILES string of the molecule is CCCCCCCN1CNCC1CI. The molecule has 0 bridgehead atoms. The molecule has 1 fully saturated rings. The fourth-order valence-corrected chi connectivity index (χ4v) is 2.83. The highest BCUT2D eigenvalue weighted by atomic mass is 127. The lowest BCUT2D eigenvalue weighted by molar-refractivity contribution is 0.269. The van der Waals surface area contributed by atoms with Crippen LogP contribution in [0.25, 0.3) is 0 Å². The molecule has 0 aliphatic carbocycles. The molecule has 14 heavy (non-hydrogen) atoms. The van der Waals surface area contributed by atoms with Gasteiger partial charge >= 0.3 is 0 Å². The predicted octanol–water partition coefficient (Wildman–Crippen LogP) is 2.62. The van der Waals surface area contributed by atoms with Crippen molar-refractivity contribution in [1.82, 2.24) is 10.2 Å². The highest BCUT2D eigenvalue weighted by Crippen LogP contribution is 2.10. The molecule has 0 amide bonds. The van der Waals surface area contributed by atoms with E-state index in [9.17, 15) is 0 Å². The smallest absolute Gasteiger partial charge is 0.0484 e. The van der Waals surface area contributed by atoms with E-state index < -0.39 is 0 Å². The van der Waals surface area contributed by atoms with Crippen LogP contribution in [0.2, 0.25) is 0 Å². The average molecular weight is 310 g/mol. The molecule has 3 heteroatoms. The fourth-order valence-electron chi connectivity index (χ4n) is 1.97. The molecule has 0 aromatic rings. The number of hydrogen-bond donors (Lipinski definition) is 1. The maximum atomic E-state index is 3.45. The summed E-state index contributed by atoms with van der Waals surface area (Å²) in [5, 5.41) is 3.45. The van der Waals surface area contributed by atoms with Gasteiger partial charge in [-0.05, 0) is 13.0 Å². The van der Waals surface area contributed by atoms with Gasteiger partial charge in [0.15, 0.2) is 0 Å². The molecule has 1 rings (SSSR count). The van der Waals surface area contributed by atoms with Gasteiger partial charge in [-0.2, -0.15) is 0 Å². The predicted molar refractivity (Wildman–Crippen MR) is 71.0 cm³/mol. The zero-order valence-electron chi connectivity index (χ0n) is 9.27. The highest BCUT2D eigenvalue weighted by Gasteiger charge is 2.21. The molecule has 1 saturated heterocycles. The monoisotopic (exact) mass is 310 g/mol. The second-order valence-electron chi connectivity index (χ2n) is 4.15. The van der Waals surface area contributed by atoms with Crippen molar-refractivity contribution in [3.05, 3.63) is 0 Å². The molecule has 0 aromatic carbocycles. The molecule has 1 unspecified atom stereocenters. The van der Waals surface area contributed by atoms with E-state index >= 15 is 0 Å². The van der Waals surface area contributed by atoms with E-state index in [1.54, 1.807) is 0 Å². The third-order valence-electron chi connectivity index (χ3n) is 2.94. The maximum Gasteiger partial charge on any atom is 0.0484 e. The van der Waals surface area contributed by atoms with Crippen LogP contribution in [0.5, 0.6) is 0 Å². The van der Waals surface area contributed by atoms with E-state index in [4.69, 9.17) is 0 Å². The molecule has 0 saturated carbocycles. The molecule has 0 radical (unpaired) electrons. The molecule has 1 N–H and O–H groups in total. The normalized spacial score (nSPS) is 23.1. The Bertz CT molecular complexity index is 141. The van der Waals surface area contributed by atoms with Crippen molar-refractivity contribution in [2.75, 3.05) is 24.2 Å². The molecular weight excluding hydrogens is 287 g/mol. The fraction of sp³-hybridized carbons (Fsp3) is 1.00. The van der Waals surface area contributed by atoms with Crippen LogP contribution in [-0.4, -0.2) is 35.1 Å². The zero-order chi connectivity index (χ0) is 10.2. The Kier molecular flexibility index (Phi) is 7.16. The molecule has 0 aromatic heterocycles. The van der Waals surface area contributed by atoms with E-state index in [1.807, 2.05) is 0 Å². The minimum absolute atomic E-state index is 0.793. The van der Waals surface area contributed by atoms with E-state index in [0.29, 0.717) is 0 Å². The number of nitrogens with zero attached hydrogens (tertiary/aromatic N) is 1. The third-order valence-corrected chi connectivity index (χ3v) is 3.95. The van der Waals surface area contributed by atoms with Gasteiger partial charge in [0.05, 0.1) is 0 Å². The largest absolute Gasteiger partial charge is 0.303 e. The average Bonchev–Trinajstić information content (AvgIpc) is 2.65. The standard InChI is InChI=1S/C11H23IN2/c1-2-3-4-5-6-7-14-10-13-9-11(14)8-12/h11,13H,2-10H2,1H3. The second kappa shape index (κ2) is 7.88. The van der Waals surface area contributed by atoms with Crippen molar-refractivity contribution < 1.29 is 0 Å². The van der Waals surface area contributed by atoms with E-state index in [2.05, 4.69) is 39.7 Å². The van der Waals surface area contributed by atoms with Gasteiger partial charge in [-0.1, -0.05) is 55.2 Å². The number of unbranched alkanes of at least 4 members (excludes halogenated alkanes) is 4. The molecule has 1 heterocycles. The van der Waals surface area contributed by atoms with Crippen LogP contribution in [0.15, 0.2) is 0 Å². The molecule has 84 valence electrons. The van der Waals surface area contributed by atoms with Crippen molar-refractivity contribution in [1.29, 1.82) is 0 Å². The summed E-state index contributed by atoms with van der Waals surface area (Å²) >= 11 is 2.50. The summed E-state index contributed by atoms with van der Waals surface area (Å²) in [5.74, 6) is 0. The van der Waals surface area contributed by atoms with Gasteiger partial charge in [0.25, 0.3) is 0 Å². The number of rotatable bonds is 7. The Morgan fingerprint density at radius 1 is 1.29 bits per heavy atom. The molecule has 1 aliphatic rings. The van der Waals surface area contributed by atoms with Crippen molar-refractivity contribution in [3.63, 3.8) is 0 Å². The van der Waals surface area contributed by atoms with Crippen LogP contribution < -0.4 is 5.32 Å². The first kappa shape index (κ1) is 12.7. The number of alkyl halides is 1. The van der Waals surface area contributed by atoms with Crippen LogP contribution in [0, 0.1) is 0 Å². The molecule has 0 spiro atoms.